The van der Waals surface area contributed by atoms with Crippen molar-refractivity contribution in [3.05, 3.63) is 32.5 Å². The smallest absolute Gasteiger partial charge is 0.250 e. The Morgan fingerprint density at radius 2 is 2.24 bits per heavy atom. The van der Waals surface area contributed by atoms with Crippen molar-refractivity contribution < 1.29 is 8.42 Å². The molecule has 2 aromatic rings. The van der Waals surface area contributed by atoms with Gasteiger partial charge in [-0.1, -0.05) is 0 Å². The molecule has 0 aliphatic rings. The van der Waals surface area contributed by atoms with E-state index in [1.807, 2.05) is 5.38 Å². The van der Waals surface area contributed by atoms with Gasteiger partial charge in [0.05, 0.1) is 8.79 Å². The lowest BCUT2D eigenvalue weighted by atomic mass is 10.5. The van der Waals surface area contributed by atoms with Crippen LogP contribution in [-0.2, 0) is 16.4 Å². The molecule has 8 heteroatoms. The van der Waals surface area contributed by atoms with Crippen LogP contribution in [0.2, 0.25) is 0 Å². The average molecular weight is 353 g/mol. The third-order valence-corrected chi connectivity index (χ3v) is 6.34. The standard InChI is InChI=1S/C9H9BrN2O2S3/c10-7-1-2-9(16-7)17(13,14)12-4-3-8-11-5-6-15-8/h1-2,5-6,12H,3-4H2. The number of aromatic nitrogens is 1. The van der Waals surface area contributed by atoms with Gasteiger partial charge in [-0.25, -0.2) is 18.1 Å². The summed E-state index contributed by atoms with van der Waals surface area (Å²) in [5.41, 5.74) is 0. The van der Waals surface area contributed by atoms with Crippen LogP contribution >= 0.6 is 38.6 Å². The summed E-state index contributed by atoms with van der Waals surface area (Å²) in [5.74, 6) is 0. The first-order chi connectivity index (χ1) is 8.08. The van der Waals surface area contributed by atoms with Crippen LogP contribution in [0.5, 0.6) is 0 Å². The largest absolute Gasteiger partial charge is 0.250 e. The fraction of sp³-hybridized carbons (Fsp3) is 0.222. The second kappa shape index (κ2) is 5.57. The van der Waals surface area contributed by atoms with E-state index < -0.39 is 10.0 Å². The molecule has 2 rings (SSSR count). The van der Waals surface area contributed by atoms with Crippen molar-refractivity contribution in [1.29, 1.82) is 0 Å². The Labute approximate surface area is 116 Å². The molecule has 0 spiro atoms. The van der Waals surface area contributed by atoms with Gasteiger partial charge in [0.25, 0.3) is 0 Å². The predicted molar refractivity (Wildman–Crippen MR) is 73.0 cm³/mol. The van der Waals surface area contributed by atoms with E-state index in [2.05, 4.69) is 25.6 Å². The van der Waals surface area contributed by atoms with Crippen LogP contribution < -0.4 is 4.72 Å². The molecule has 0 fully saturated rings. The van der Waals surface area contributed by atoms with Gasteiger partial charge in [0, 0.05) is 24.5 Å². The summed E-state index contributed by atoms with van der Waals surface area (Å²) in [6.45, 7) is 0.366. The Morgan fingerprint density at radius 3 is 2.82 bits per heavy atom. The van der Waals surface area contributed by atoms with Gasteiger partial charge in [-0.05, 0) is 28.1 Å². The molecular weight excluding hydrogens is 344 g/mol. The predicted octanol–water partition coefficient (Wildman–Crippen LogP) is 2.49. The van der Waals surface area contributed by atoms with E-state index in [4.69, 9.17) is 0 Å². The molecule has 92 valence electrons. The highest BCUT2D eigenvalue weighted by Crippen LogP contribution is 2.25. The van der Waals surface area contributed by atoms with Crippen LogP contribution in [0.4, 0.5) is 0 Å². The zero-order chi connectivity index (χ0) is 12.3. The highest BCUT2D eigenvalue weighted by atomic mass is 79.9. The minimum Gasteiger partial charge on any atom is -0.250 e. The normalized spacial score (nSPS) is 11.8. The quantitative estimate of drug-likeness (QED) is 0.899. The molecule has 0 unspecified atom stereocenters. The zero-order valence-electron chi connectivity index (χ0n) is 8.59. The molecule has 2 heterocycles. The lowest BCUT2D eigenvalue weighted by molar-refractivity contribution is 0.583. The van der Waals surface area contributed by atoms with Gasteiger partial charge in [0.2, 0.25) is 10.0 Å². The van der Waals surface area contributed by atoms with E-state index in [-0.39, 0.29) is 0 Å². The number of halogens is 1. The first-order valence-electron chi connectivity index (χ1n) is 4.71. The second-order valence-corrected chi connectivity index (χ2v) is 8.57. The Balaban J connectivity index is 1.94. The number of sulfonamides is 1. The van der Waals surface area contributed by atoms with Crippen LogP contribution in [0.15, 0.2) is 31.7 Å². The lowest BCUT2D eigenvalue weighted by Gasteiger charge is -2.02. The van der Waals surface area contributed by atoms with E-state index in [1.165, 1.54) is 22.7 Å². The maximum absolute atomic E-state index is 11.8. The molecule has 0 atom stereocenters. The maximum Gasteiger partial charge on any atom is 0.250 e. The summed E-state index contributed by atoms with van der Waals surface area (Å²) in [5, 5.41) is 2.81. The summed E-state index contributed by atoms with van der Waals surface area (Å²) in [4.78, 5) is 4.09. The number of thiophene rings is 1. The molecule has 0 radical (unpaired) electrons. The van der Waals surface area contributed by atoms with Crippen molar-refractivity contribution in [2.75, 3.05) is 6.54 Å². The van der Waals surface area contributed by atoms with Crippen molar-refractivity contribution in [3.8, 4) is 0 Å². The molecule has 1 N–H and O–H groups in total. The summed E-state index contributed by atoms with van der Waals surface area (Å²) in [7, 11) is -3.38. The van der Waals surface area contributed by atoms with Gasteiger partial charge < -0.3 is 0 Å². The Morgan fingerprint density at radius 1 is 1.41 bits per heavy atom. The Kier molecular flexibility index (Phi) is 4.31. The van der Waals surface area contributed by atoms with Crippen molar-refractivity contribution in [1.82, 2.24) is 9.71 Å². The van der Waals surface area contributed by atoms with Crippen molar-refractivity contribution in [2.45, 2.75) is 10.6 Å². The van der Waals surface area contributed by atoms with E-state index in [1.54, 1.807) is 18.3 Å². The summed E-state index contributed by atoms with van der Waals surface area (Å²) in [6, 6.07) is 3.31. The van der Waals surface area contributed by atoms with Crippen LogP contribution in [0.25, 0.3) is 0 Å². The number of nitrogens with one attached hydrogen (secondary N) is 1. The van der Waals surface area contributed by atoms with E-state index >= 15 is 0 Å². The second-order valence-electron chi connectivity index (χ2n) is 3.13. The Bertz CT molecular complexity index is 577. The van der Waals surface area contributed by atoms with E-state index in [0.29, 0.717) is 17.2 Å². The van der Waals surface area contributed by atoms with Gasteiger partial charge >= 0.3 is 0 Å². The highest BCUT2D eigenvalue weighted by molar-refractivity contribution is 9.11. The van der Waals surface area contributed by atoms with Gasteiger partial charge in [-0.2, -0.15) is 0 Å². The highest BCUT2D eigenvalue weighted by Gasteiger charge is 2.15. The summed E-state index contributed by atoms with van der Waals surface area (Å²) in [6.07, 6.45) is 2.33. The topological polar surface area (TPSA) is 59.1 Å². The molecule has 0 aliphatic carbocycles. The van der Waals surface area contributed by atoms with E-state index in [9.17, 15) is 8.42 Å². The molecule has 0 saturated heterocycles. The molecular formula is C9H9BrN2O2S3. The molecule has 0 saturated carbocycles. The number of hydrogen-bond donors (Lipinski definition) is 1. The third kappa shape index (κ3) is 3.59. The SMILES string of the molecule is O=S(=O)(NCCc1nccs1)c1ccc(Br)s1. The van der Waals surface area contributed by atoms with Crippen LogP contribution in [0.1, 0.15) is 5.01 Å². The minimum absolute atomic E-state index is 0.323. The van der Waals surface area contributed by atoms with E-state index in [0.717, 1.165) is 8.79 Å². The maximum atomic E-state index is 11.8. The first kappa shape index (κ1) is 13.2. The van der Waals surface area contributed by atoms with Gasteiger partial charge in [0.1, 0.15) is 4.21 Å². The zero-order valence-corrected chi connectivity index (χ0v) is 12.6. The summed E-state index contributed by atoms with van der Waals surface area (Å²) >= 11 is 5.96. The fourth-order valence-corrected chi connectivity index (χ4v) is 4.89. The summed E-state index contributed by atoms with van der Waals surface area (Å²) < 4.78 is 27.4. The van der Waals surface area contributed by atoms with Crippen molar-refractivity contribution in [2.24, 2.45) is 0 Å². The van der Waals surface area contributed by atoms with Crippen LogP contribution in [0, 0.1) is 0 Å². The van der Waals surface area contributed by atoms with Gasteiger partial charge in [0.15, 0.2) is 0 Å². The van der Waals surface area contributed by atoms with Gasteiger partial charge in [-0.15, -0.1) is 22.7 Å². The first-order valence-corrected chi connectivity index (χ1v) is 8.68. The minimum atomic E-state index is -3.38. The number of rotatable bonds is 5. The number of thiazole rings is 1. The number of hydrogen-bond acceptors (Lipinski definition) is 5. The molecule has 17 heavy (non-hydrogen) atoms. The van der Waals surface area contributed by atoms with Crippen LogP contribution in [-0.4, -0.2) is 19.9 Å². The Hall–Kier alpha value is -0.280. The number of nitrogens with zero attached hydrogens (tertiary/aromatic N) is 1. The molecule has 0 amide bonds. The third-order valence-electron chi connectivity index (χ3n) is 1.93. The van der Waals surface area contributed by atoms with Crippen LogP contribution in [0.3, 0.4) is 0 Å². The van der Waals surface area contributed by atoms with Gasteiger partial charge in [-0.3, -0.25) is 0 Å². The molecule has 0 aromatic carbocycles. The van der Waals surface area contributed by atoms with Crippen molar-refractivity contribution >= 4 is 48.6 Å². The molecule has 4 nitrogen and oxygen atoms in total. The van der Waals surface area contributed by atoms with Crippen molar-refractivity contribution in [3.63, 3.8) is 0 Å². The molecule has 0 bridgehead atoms. The molecule has 2 aromatic heterocycles. The average Bonchev–Trinajstić information content (AvgIpc) is 2.89. The molecule has 0 aliphatic heterocycles. The lowest BCUT2D eigenvalue weighted by Crippen LogP contribution is -2.25. The fourth-order valence-electron chi connectivity index (χ4n) is 1.18. The monoisotopic (exact) mass is 352 g/mol.